The summed E-state index contributed by atoms with van der Waals surface area (Å²) in [7, 11) is 0. The van der Waals surface area contributed by atoms with Gasteiger partial charge in [0.1, 0.15) is 0 Å². The van der Waals surface area contributed by atoms with Gasteiger partial charge in [-0.05, 0) is 61.6 Å². The Morgan fingerprint density at radius 2 is 0.952 bits per heavy atom. The Bertz CT molecular complexity index is 2120. The monoisotopic (exact) mass is 535 g/mol. The highest BCUT2D eigenvalue weighted by molar-refractivity contribution is 6.23. The molecule has 6 aromatic carbocycles. The van der Waals surface area contributed by atoms with Crippen molar-refractivity contribution in [2.45, 2.75) is 0 Å². The van der Waals surface area contributed by atoms with Crippen molar-refractivity contribution >= 4 is 32.3 Å². The number of pyridine rings is 1. The van der Waals surface area contributed by atoms with E-state index < -0.39 is 0 Å². The van der Waals surface area contributed by atoms with Crippen LogP contribution in [0.1, 0.15) is 0 Å². The fourth-order valence-corrected chi connectivity index (χ4v) is 6.08. The van der Waals surface area contributed by atoms with E-state index >= 15 is 0 Å². The van der Waals surface area contributed by atoms with E-state index in [2.05, 4.69) is 114 Å². The van der Waals surface area contributed by atoms with Gasteiger partial charge in [-0.1, -0.05) is 127 Å². The maximum Gasteiger partial charge on any atom is 0.160 e. The molecule has 0 radical (unpaired) electrons. The Morgan fingerprint density at radius 3 is 1.64 bits per heavy atom. The van der Waals surface area contributed by atoms with E-state index in [4.69, 9.17) is 9.97 Å². The summed E-state index contributed by atoms with van der Waals surface area (Å²) in [5.74, 6) is 0.681. The standard InChI is InChI=1S/C39H25N3/c1-2-14-27(15-3-1)39-41-35(34-23-10-11-24-40-34)25-36(42-39)38-32-20-8-6-18-30(32)37(31-19-7-9-21-33(31)38)29-22-12-16-26-13-4-5-17-28(26)29/h1-25H. The van der Waals surface area contributed by atoms with E-state index in [1.165, 1.54) is 32.7 Å². The molecule has 0 aliphatic heterocycles. The molecule has 0 atom stereocenters. The maximum absolute atomic E-state index is 5.21. The summed E-state index contributed by atoms with van der Waals surface area (Å²) in [6, 6.07) is 50.8. The van der Waals surface area contributed by atoms with Crippen molar-refractivity contribution in [3.8, 4) is 45.2 Å². The van der Waals surface area contributed by atoms with Gasteiger partial charge in [0.2, 0.25) is 0 Å². The molecule has 0 aliphatic carbocycles. The highest BCUT2D eigenvalue weighted by atomic mass is 14.9. The molecule has 0 spiro atoms. The molecule has 196 valence electrons. The van der Waals surface area contributed by atoms with Crippen LogP contribution in [-0.4, -0.2) is 15.0 Å². The molecule has 8 aromatic rings. The van der Waals surface area contributed by atoms with Crippen LogP contribution < -0.4 is 0 Å². The topological polar surface area (TPSA) is 38.7 Å². The molecule has 3 nitrogen and oxygen atoms in total. The normalized spacial score (nSPS) is 11.3. The first kappa shape index (κ1) is 24.2. The molecule has 0 N–H and O–H groups in total. The van der Waals surface area contributed by atoms with Crippen molar-refractivity contribution in [3.63, 3.8) is 0 Å². The first-order valence-electron chi connectivity index (χ1n) is 14.1. The molecule has 0 aliphatic rings. The van der Waals surface area contributed by atoms with Gasteiger partial charge in [-0.15, -0.1) is 0 Å². The van der Waals surface area contributed by atoms with Crippen LogP contribution in [0, 0.1) is 0 Å². The van der Waals surface area contributed by atoms with Gasteiger partial charge in [-0.2, -0.15) is 0 Å². The van der Waals surface area contributed by atoms with Gasteiger partial charge < -0.3 is 0 Å². The van der Waals surface area contributed by atoms with E-state index in [1.807, 2.05) is 42.6 Å². The minimum Gasteiger partial charge on any atom is -0.255 e. The van der Waals surface area contributed by atoms with Crippen LogP contribution in [0.2, 0.25) is 0 Å². The number of nitrogens with zero attached hydrogens (tertiary/aromatic N) is 3. The van der Waals surface area contributed by atoms with Crippen molar-refractivity contribution < 1.29 is 0 Å². The van der Waals surface area contributed by atoms with Gasteiger partial charge in [0.05, 0.1) is 17.1 Å². The quantitative estimate of drug-likeness (QED) is 0.211. The number of fused-ring (bicyclic) bond motifs is 3. The number of hydrogen-bond donors (Lipinski definition) is 0. The SMILES string of the molecule is c1ccc(-c2nc(-c3ccccn3)cc(-c3c4ccccc4c(-c4cccc5ccccc45)c4ccccc34)n2)cc1. The Morgan fingerprint density at radius 1 is 0.381 bits per heavy atom. The third-order valence-electron chi connectivity index (χ3n) is 7.93. The highest BCUT2D eigenvalue weighted by Gasteiger charge is 2.20. The average Bonchev–Trinajstić information content (AvgIpc) is 3.07. The summed E-state index contributed by atoms with van der Waals surface area (Å²) in [5.41, 5.74) is 7.03. The summed E-state index contributed by atoms with van der Waals surface area (Å²) in [5, 5.41) is 7.18. The fourth-order valence-electron chi connectivity index (χ4n) is 6.08. The summed E-state index contributed by atoms with van der Waals surface area (Å²) in [6.45, 7) is 0. The van der Waals surface area contributed by atoms with Crippen molar-refractivity contribution in [1.82, 2.24) is 15.0 Å². The molecule has 3 heteroatoms. The number of rotatable bonds is 4. The molecule has 0 fully saturated rings. The summed E-state index contributed by atoms with van der Waals surface area (Å²) < 4.78 is 0. The summed E-state index contributed by atoms with van der Waals surface area (Å²) >= 11 is 0. The van der Waals surface area contributed by atoms with E-state index in [1.54, 1.807) is 0 Å². The van der Waals surface area contributed by atoms with Crippen LogP contribution in [0.5, 0.6) is 0 Å². The van der Waals surface area contributed by atoms with E-state index in [0.717, 1.165) is 39.0 Å². The van der Waals surface area contributed by atoms with E-state index in [9.17, 15) is 0 Å². The second-order valence-electron chi connectivity index (χ2n) is 10.4. The second-order valence-corrected chi connectivity index (χ2v) is 10.4. The lowest BCUT2D eigenvalue weighted by Gasteiger charge is -2.19. The molecule has 0 unspecified atom stereocenters. The molecule has 0 amide bonds. The average molecular weight is 536 g/mol. The second kappa shape index (κ2) is 10.1. The third-order valence-corrected chi connectivity index (χ3v) is 7.93. The summed E-state index contributed by atoms with van der Waals surface area (Å²) in [4.78, 5) is 14.8. The first-order chi connectivity index (χ1) is 20.8. The Balaban J connectivity index is 1.49. The van der Waals surface area contributed by atoms with E-state index in [0.29, 0.717) is 5.82 Å². The van der Waals surface area contributed by atoms with Crippen molar-refractivity contribution in [1.29, 1.82) is 0 Å². The smallest absolute Gasteiger partial charge is 0.160 e. The Labute approximate surface area is 243 Å². The predicted molar refractivity (Wildman–Crippen MR) is 174 cm³/mol. The summed E-state index contributed by atoms with van der Waals surface area (Å²) in [6.07, 6.45) is 1.81. The Kier molecular flexibility index (Phi) is 5.79. The maximum atomic E-state index is 5.21. The molecule has 2 aromatic heterocycles. The molecule has 0 saturated carbocycles. The minimum absolute atomic E-state index is 0.681. The zero-order valence-electron chi connectivity index (χ0n) is 22.8. The Hall–Kier alpha value is -5.67. The van der Waals surface area contributed by atoms with Crippen LogP contribution in [-0.2, 0) is 0 Å². The van der Waals surface area contributed by atoms with Crippen molar-refractivity contribution in [2.24, 2.45) is 0 Å². The van der Waals surface area contributed by atoms with Crippen LogP contribution in [0.4, 0.5) is 0 Å². The minimum atomic E-state index is 0.681. The van der Waals surface area contributed by atoms with Gasteiger partial charge in [0, 0.05) is 17.3 Å². The lowest BCUT2D eigenvalue weighted by Crippen LogP contribution is -1.98. The zero-order valence-corrected chi connectivity index (χ0v) is 22.8. The lowest BCUT2D eigenvalue weighted by atomic mass is 9.85. The van der Waals surface area contributed by atoms with Gasteiger partial charge in [-0.25, -0.2) is 9.97 Å². The molecule has 0 saturated heterocycles. The van der Waals surface area contributed by atoms with Crippen LogP contribution in [0.3, 0.4) is 0 Å². The van der Waals surface area contributed by atoms with Gasteiger partial charge in [0.15, 0.2) is 5.82 Å². The third kappa shape index (κ3) is 4.03. The predicted octanol–water partition coefficient (Wildman–Crippen LogP) is 10.00. The van der Waals surface area contributed by atoms with Crippen LogP contribution >= 0.6 is 0 Å². The molecule has 8 rings (SSSR count). The van der Waals surface area contributed by atoms with Gasteiger partial charge in [-0.3, -0.25) is 4.98 Å². The largest absolute Gasteiger partial charge is 0.255 e. The fraction of sp³-hybridized carbons (Fsp3) is 0. The van der Waals surface area contributed by atoms with Crippen molar-refractivity contribution in [2.75, 3.05) is 0 Å². The van der Waals surface area contributed by atoms with Crippen molar-refractivity contribution in [3.05, 3.63) is 152 Å². The zero-order chi connectivity index (χ0) is 27.9. The number of benzene rings is 6. The first-order valence-corrected chi connectivity index (χ1v) is 14.1. The lowest BCUT2D eigenvalue weighted by molar-refractivity contribution is 1.17. The van der Waals surface area contributed by atoms with Crippen LogP contribution in [0.25, 0.3) is 77.5 Å². The van der Waals surface area contributed by atoms with Gasteiger partial charge >= 0.3 is 0 Å². The molecule has 2 heterocycles. The molecule has 0 bridgehead atoms. The number of hydrogen-bond acceptors (Lipinski definition) is 3. The molecule has 42 heavy (non-hydrogen) atoms. The number of aromatic nitrogens is 3. The highest BCUT2D eigenvalue weighted by Crippen LogP contribution is 2.45. The van der Waals surface area contributed by atoms with Gasteiger partial charge in [0.25, 0.3) is 0 Å². The van der Waals surface area contributed by atoms with E-state index in [-0.39, 0.29) is 0 Å². The molecular formula is C39H25N3. The molecular weight excluding hydrogens is 510 g/mol. The van der Waals surface area contributed by atoms with Crippen LogP contribution in [0.15, 0.2) is 152 Å².